The van der Waals surface area contributed by atoms with E-state index in [0.717, 1.165) is 36.8 Å². The van der Waals surface area contributed by atoms with Crippen LogP contribution in [0.4, 0.5) is 0 Å². The minimum atomic E-state index is 0.247. The van der Waals surface area contributed by atoms with Gasteiger partial charge in [-0.15, -0.1) is 0 Å². The van der Waals surface area contributed by atoms with Gasteiger partial charge in [-0.05, 0) is 37.7 Å². The molecule has 0 unspecified atom stereocenters. The van der Waals surface area contributed by atoms with Gasteiger partial charge in [0, 0.05) is 5.56 Å². The molecule has 1 aliphatic rings. The van der Waals surface area contributed by atoms with Crippen molar-refractivity contribution in [2.75, 3.05) is 0 Å². The summed E-state index contributed by atoms with van der Waals surface area (Å²) < 4.78 is 0. The van der Waals surface area contributed by atoms with Gasteiger partial charge in [-0.2, -0.15) is 0 Å². The molecular formula is C15H18O. The van der Waals surface area contributed by atoms with Crippen LogP contribution in [-0.4, -0.2) is 5.78 Å². The van der Waals surface area contributed by atoms with Gasteiger partial charge < -0.3 is 0 Å². The van der Waals surface area contributed by atoms with Crippen molar-refractivity contribution in [2.24, 2.45) is 0 Å². The Bertz CT molecular complexity index is 401. The maximum absolute atomic E-state index is 12.3. The van der Waals surface area contributed by atoms with Crippen molar-refractivity contribution < 1.29 is 4.79 Å². The van der Waals surface area contributed by atoms with E-state index in [1.165, 1.54) is 12.0 Å². The highest BCUT2D eigenvalue weighted by atomic mass is 16.1. The Labute approximate surface area is 97.2 Å². The molecule has 0 aliphatic heterocycles. The second-order valence-electron chi connectivity index (χ2n) is 4.34. The van der Waals surface area contributed by atoms with Crippen LogP contribution < -0.4 is 0 Å². The molecular weight excluding hydrogens is 196 g/mol. The minimum Gasteiger partial charge on any atom is -0.289 e. The Kier molecular flexibility index (Phi) is 3.55. The summed E-state index contributed by atoms with van der Waals surface area (Å²) in [4.78, 5) is 12.3. The summed E-state index contributed by atoms with van der Waals surface area (Å²) in [6, 6.07) is 9.64. The second kappa shape index (κ2) is 5.11. The number of allylic oxidation sites excluding steroid dienone is 2. The summed E-state index contributed by atoms with van der Waals surface area (Å²) in [5, 5.41) is 0. The van der Waals surface area contributed by atoms with Crippen LogP contribution in [0.2, 0.25) is 0 Å². The molecule has 0 amide bonds. The third-order valence-electron chi connectivity index (χ3n) is 3.32. The Morgan fingerprint density at radius 1 is 1.12 bits per heavy atom. The van der Waals surface area contributed by atoms with E-state index in [2.05, 4.69) is 6.92 Å². The zero-order valence-corrected chi connectivity index (χ0v) is 9.83. The molecule has 0 radical (unpaired) electrons. The Hall–Kier alpha value is -1.37. The van der Waals surface area contributed by atoms with Crippen molar-refractivity contribution in [1.29, 1.82) is 0 Å². The van der Waals surface area contributed by atoms with Crippen LogP contribution in [0.15, 0.2) is 41.5 Å². The first-order valence-electron chi connectivity index (χ1n) is 6.13. The number of carbonyl (C=O) groups excluding carboxylic acids is 1. The summed E-state index contributed by atoms with van der Waals surface area (Å²) in [5.41, 5.74) is 3.30. The monoisotopic (exact) mass is 214 g/mol. The summed E-state index contributed by atoms with van der Waals surface area (Å²) in [6.45, 7) is 2.15. The second-order valence-corrected chi connectivity index (χ2v) is 4.34. The van der Waals surface area contributed by atoms with Crippen molar-refractivity contribution >= 4 is 5.78 Å². The topological polar surface area (TPSA) is 17.1 Å². The molecule has 0 fully saturated rings. The molecule has 16 heavy (non-hydrogen) atoms. The molecule has 1 heteroatoms. The van der Waals surface area contributed by atoms with Crippen LogP contribution >= 0.6 is 0 Å². The highest BCUT2D eigenvalue weighted by molar-refractivity contribution is 6.09. The number of hydrogen-bond acceptors (Lipinski definition) is 1. The van der Waals surface area contributed by atoms with E-state index in [0.29, 0.717) is 0 Å². The lowest BCUT2D eigenvalue weighted by atomic mass is 9.86. The fourth-order valence-corrected chi connectivity index (χ4v) is 2.40. The van der Waals surface area contributed by atoms with E-state index in [-0.39, 0.29) is 5.78 Å². The van der Waals surface area contributed by atoms with E-state index < -0.39 is 0 Å². The lowest BCUT2D eigenvalue weighted by Gasteiger charge is -2.18. The fourth-order valence-electron chi connectivity index (χ4n) is 2.40. The number of rotatable bonds is 3. The molecule has 0 heterocycles. The highest BCUT2D eigenvalue weighted by Crippen LogP contribution is 2.29. The maximum atomic E-state index is 12.3. The molecule has 1 aromatic carbocycles. The zero-order valence-electron chi connectivity index (χ0n) is 9.83. The summed E-state index contributed by atoms with van der Waals surface area (Å²) in [5.74, 6) is 0.247. The van der Waals surface area contributed by atoms with Crippen LogP contribution in [0.5, 0.6) is 0 Å². The van der Waals surface area contributed by atoms with E-state index in [1.807, 2.05) is 30.3 Å². The third-order valence-corrected chi connectivity index (χ3v) is 3.32. The van der Waals surface area contributed by atoms with Gasteiger partial charge in [0.15, 0.2) is 5.78 Å². The number of Topliss-reactive ketones (excluding diaryl/α,β-unsaturated/α-hetero) is 1. The molecule has 0 bridgehead atoms. The molecule has 1 aromatic rings. The van der Waals surface area contributed by atoms with Gasteiger partial charge >= 0.3 is 0 Å². The van der Waals surface area contributed by atoms with Crippen molar-refractivity contribution in [3.05, 3.63) is 47.0 Å². The number of carbonyl (C=O) groups is 1. The van der Waals surface area contributed by atoms with E-state index in [1.54, 1.807) is 0 Å². The maximum Gasteiger partial charge on any atom is 0.188 e. The Morgan fingerprint density at radius 3 is 2.50 bits per heavy atom. The normalized spacial score (nSPS) is 16.3. The molecule has 1 nitrogen and oxygen atoms in total. The molecule has 0 saturated heterocycles. The van der Waals surface area contributed by atoms with Crippen molar-refractivity contribution in [3.63, 3.8) is 0 Å². The van der Waals surface area contributed by atoms with Crippen LogP contribution in [-0.2, 0) is 0 Å². The average Bonchev–Trinajstić information content (AvgIpc) is 2.39. The first-order valence-corrected chi connectivity index (χ1v) is 6.13. The first-order chi connectivity index (χ1) is 7.83. The SMILES string of the molecule is CCC1=C(C(=O)c2ccccc2)CCCC1. The summed E-state index contributed by atoms with van der Waals surface area (Å²) in [7, 11) is 0. The average molecular weight is 214 g/mol. The van der Waals surface area contributed by atoms with Crippen LogP contribution in [0, 0.1) is 0 Å². The van der Waals surface area contributed by atoms with Gasteiger partial charge in [0.05, 0.1) is 0 Å². The van der Waals surface area contributed by atoms with Crippen LogP contribution in [0.1, 0.15) is 49.4 Å². The van der Waals surface area contributed by atoms with Gasteiger partial charge in [-0.25, -0.2) is 0 Å². The molecule has 0 aromatic heterocycles. The van der Waals surface area contributed by atoms with Gasteiger partial charge in [-0.3, -0.25) is 4.79 Å². The van der Waals surface area contributed by atoms with E-state index in [9.17, 15) is 4.79 Å². The predicted octanol–water partition coefficient (Wildman–Crippen LogP) is 4.15. The Morgan fingerprint density at radius 2 is 1.81 bits per heavy atom. The van der Waals surface area contributed by atoms with Gasteiger partial charge in [0.2, 0.25) is 0 Å². The smallest absolute Gasteiger partial charge is 0.188 e. The lowest BCUT2D eigenvalue weighted by Crippen LogP contribution is -2.10. The first kappa shape index (κ1) is 11.1. The molecule has 0 N–H and O–H groups in total. The minimum absolute atomic E-state index is 0.247. The standard InChI is InChI=1S/C15H18O/c1-2-12-8-6-7-11-14(12)15(16)13-9-4-3-5-10-13/h3-5,9-10H,2,6-8,11H2,1H3. The van der Waals surface area contributed by atoms with Crippen molar-refractivity contribution in [1.82, 2.24) is 0 Å². The van der Waals surface area contributed by atoms with Crippen molar-refractivity contribution in [2.45, 2.75) is 39.0 Å². The Balaban J connectivity index is 2.30. The quantitative estimate of drug-likeness (QED) is 0.691. The third kappa shape index (κ3) is 2.24. The number of benzene rings is 1. The zero-order chi connectivity index (χ0) is 11.4. The van der Waals surface area contributed by atoms with Gasteiger partial charge in [-0.1, -0.05) is 42.8 Å². The lowest BCUT2D eigenvalue weighted by molar-refractivity contribution is 0.102. The fraction of sp³-hybridized carbons (Fsp3) is 0.400. The molecule has 84 valence electrons. The van der Waals surface area contributed by atoms with Crippen LogP contribution in [0.3, 0.4) is 0 Å². The number of ketones is 1. The van der Waals surface area contributed by atoms with Gasteiger partial charge in [0.25, 0.3) is 0 Å². The predicted molar refractivity (Wildman–Crippen MR) is 66.6 cm³/mol. The molecule has 0 spiro atoms. The molecule has 0 atom stereocenters. The molecule has 1 aliphatic carbocycles. The van der Waals surface area contributed by atoms with E-state index >= 15 is 0 Å². The highest BCUT2D eigenvalue weighted by Gasteiger charge is 2.18. The molecule has 2 rings (SSSR count). The van der Waals surface area contributed by atoms with E-state index in [4.69, 9.17) is 0 Å². The van der Waals surface area contributed by atoms with Crippen molar-refractivity contribution in [3.8, 4) is 0 Å². The van der Waals surface area contributed by atoms with Gasteiger partial charge in [0.1, 0.15) is 0 Å². The molecule has 0 saturated carbocycles. The number of hydrogen-bond donors (Lipinski definition) is 0. The van der Waals surface area contributed by atoms with Crippen LogP contribution in [0.25, 0.3) is 0 Å². The largest absolute Gasteiger partial charge is 0.289 e. The summed E-state index contributed by atoms with van der Waals surface area (Å²) in [6.07, 6.45) is 5.52. The summed E-state index contributed by atoms with van der Waals surface area (Å²) >= 11 is 0.